The minimum atomic E-state index is -0.886. The number of allylic oxidation sites excluding steroid dienone is 16. The number of hydrogen-bond donors (Lipinski definition) is 1. The Morgan fingerprint density at radius 1 is 0.492 bits per heavy atom. The van der Waals surface area contributed by atoms with Crippen LogP contribution < -0.4 is 0 Å². The normalized spacial score (nSPS) is 13.7. The summed E-state index contributed by atoms with van der Waals surface area (Å²) in [7, 11) is 5.51. The lowest BCUT2D eigenvalue weighted by Crippen LogP contribution is -2.50. The number of quaternary nitrogens is 1. The first-order valence-electron chi connectivity index (χ1n) is 25.8. The summed E-state index contributed by atoms with van der Waals surface area (Å²) in [6, 6.07) is -0.630. The van der Waals surface area contributed by atoms with Gasteiger partial charge in [0.05, 0.1) is 34.4 Å². The molecular formula is C57H96NO7+. The van der Waals surface area contributed by atoms with Gasteiger partial charge in [0.2, 0.25) is 0 Å². The van der Waals surface area contributed by atoms with Crippen LogP contribution in [0.2, 0.25) is 0 Å². The fourth-order valence-corrected chi connectivity index (χ4v) is 7.03. The number of carbonyl (C=O) groups excluding carboxylic acids is 2. The molecule has 0 saturated heterocycles. The molecule has 0 aromatic carbocycles. The predicted octanol–water partition coefficient (Wildman–Crippen LogP) is 15.0. The monoisotopic (exact) mass is 907 g/mol. The van der Waals surface area contributed by atoms with Crippen molar-refractivity contribution >= 4 is 17.9 Å². The van der Waals surface area contributed by atoms with Crippen LogP contribution in [-0.4, -0.2) is 80.6 Å². The summed E-state index contributed by atoms with van der Waals surface area (Å²) in [4.78, 5) is 37.2. The highest BCUT2D eigenvalue weighted by molar-refractivity contribution is 5.72. The minimum Gasteiger partial charge on any atom is -0.477 e. The minimum absolute atomic E-state index is 0.0367. The molecule has 0 aliphatic carbocycles. The number of hydrogen-bond acceptors (Lipinski definition) is 6. The number of aliphatic carboxylic acids is 1. The fourth-order valence-electron chi connectivity index (χ4n) is 7.03. The van der Waals surface area contributed by atoms with Crippen LogP contribution in [-0.2, 0) is 28.6 Å². The molecule has 0 fully saturated rings. The molecule has 0 saturated carbocycles. The number of likely N-dealkylation sites (N-methyl/N-ethyl adjacent to an activating group) is 1. The van der Waals surface area contributed by atoms with Crippen LogP contribution in [0.5, 0.6) is 0 Å². The van der Waals surface area contributed by atoms with E-state index in [1.807, 2.05) is 21.1 Å². The molecule has 0 aliphatic rings. The molecule has 370 valence electrons. The van der Waals surface area contributed by atoms with E-state index in [1.165, 1.54) is 83.5 Å². The molecule has 0 aliphatic heterocycles. The smallest absolute Gasteiger partial charge is 0.362 e. The molecule has 0 aromatic heterocycles. The largest absolute Gasteiger partial charge is 0.477 e. The van der Waals surface area contributed by atoms with E-state index in [2.05, 4.69) is 111 Å². The van der Waals surface area contributed by atoms with Gasteiger partial charge in [0.15, 0.2) is 12.1 Å². The lowest BCUT2D eigenvalue weighted by Gasteiger charge is -2.31. The third-order valence-electron chi connectivity index (χ3n) is 11.0. The zero-order valence-electron chi connectivity index (χ0n) is 42.2. The lowest BCUT2D eigenvalue weighted by molar-refractivity contribution is -0.887. The maximum atomic E-state index is 12.8. The third kappa shape index (κ3) is 45.2. The number of carbonyl (C=O) groups is 3. The van der Waals surface area contributed by atoms with Gasteiger partial charge in [0.1, 0.15) is 6.61 Å². The molecule has 0 radical (unpaired) electrons. The second kappa shape index (κ2) is 46.8. The summed E-state index contributed by atoms with van der Waals surface area (Å²) in [5, 5.41) is 9.66. The highest BCUT2D eigenvalue weighted by atomic mass is 16.6. The van der Waals surface area contributed by atoms with Crippen LogP contribution in [0.15, 0.2) is 97.2 Å². The predicted molar refractivity (Wildman–Crippen MR) is 275 cm³/mol. The highest BCUT2D eigenvalue weighted by Gasteiger charge is 2.31. The summed E-state index contributed by atoms with van der Waals surface area (Å²) in [5.41, 5.74) is 0. The highest BCUT2D eigenvalue weighted by Crippen LogP contribution is 2.14. The quantitative estimate of drug-likeness (QED) is 0.0214. The van der Waals surface area contributed by atoms with Crippen molar-refractivity contribution in [1.82, 2.24) is 0 Å². The van der Waals surface area contributed by atoms with Gasteiger partial charge in [-0.15, -0.1) is 0 Å². The Bertz CT molecular complexity index is 1380. The van der Waals surface area contributed by atoms with E-state index in [-0.39, 0.29) is 42.7 Å². The van der Waals surface area contributed by atoms with Crippen molar-refractivity contribution in [2.45, 2.75) is 206 Å². The van der Waals surface area contributed by atoms with Crippen molar-refractivity contribution in [2.24, 2.45) is 0 Å². The van der Waals surface area contributed by atoms with Gasteiger partial charge in [0.25, 0.3) is 0 Å². The Morgan fingerprint density at radius 2 is 0.908 bits per heavy atom. The number of unbranched alkanes of at least 4 members (excludes halogenated alkanes) is 16. The van der Waals surface area contributed by atoms with Crippen LogP contribution in [0.25, 0.3) is 0 Å². The summed E-state index contributed by atoms with van der Waals surface area (Å²) in [6.07, 6.45) is 63.1. The van der Waals surface area contributed by atoms with E-state index in [4.69, 9.17) is 14.2 Å². The van der Waals surface area contributed by atoms with E-state index in [0.29, 0.717) is 19.3 Å². The number of ether oxygens (including phenoxy) is 3. The Hall–Kier alpha value is -3.75. The number of nitrogens with zero attached hydrogens (tertiary/aromatic N) is 1. The molecule has 8 heteroatoms. The summed E-state index contributed by atoms with van der Waals surface area (Å²) < 4.78 is 17.3. The molecule has 1 N–H and O–H groups in total. The van der Waals surface area contributed by atoms with Crippen molar-refractivity contribution in [1.29, 1.82) is 0 Å². The topological polar surface area (TPSA) is 99.1 Å². The van der Waals surface area contributed by atoms with Gasteiger partial charge in [-0.1, -0.05) is 182 Å². The Labute approximate surface area is 398 Å². The second-order valence-electron chi connectivity index (χ2n) is 18.1. The first-order valence-corrected chi connectivity index (χ1v) is 25.8. The molecule has 2 atom stereocenters. The molecule has 2 unspecified atom stereocenters. The summed E-state index contributed by atoms with van der Waals surface area (Å²) in [6.45, 7) is 4.55. The third-order valence-corrected chi connectivity index (χ3v) is 11.0. The van der Waals surface area contributed by atoms with E-state index in [1.54, 1.807) is 0 Å². The molecule has 0 heterocycles. The standard InChI is InChI=1S/C57H95NO7/c1-6-8-10-12-14-16-18-20-22-24-26-28-30-32-34-36-38-40-42-44-46-48-56(60)65-53(51-63-50-49-54(57(61)62)58(3,4)5)52-64-55(59)47-45-43-41-39-37-35-33-31-29-27-25-23-21-19-17-15-13-11-9-7-2/h8,10,14,16-17,19-23,26,28,32,34,38,40,53-54H,6-7,9,11-13,15,18,24-25,27,29-31,33,35-37,39,41-52H2,1-5H3/p+1/b10-8+,16-14+,19-17+,22-20+,23-21+,28-26+,34-32+,40-38+. The zero-order chi connectivity index (χ0) is 47.7. The van der Waals surface area contributed by atoms with Gasteiger partial charge in [-0.3, -0.25) is 9.59 Å². The lowest BCUT2D eigenvalue weighted by atomic mass is 10.1. The zero-order valence-corrected chi connectivity index (χ0v) is 42.2. The molecular weight excluding hydrogens is 811 g/mol. The molecule has 0 spiro atoms. The second-order valence-corrected chi connectivity index (χ2v) is 18.1. The van der Waals surface area contributed by atoms with Crippen molar-refractivity contribution < 1.29 is 38.2 Å². The molecule has 0 bridgehead atoms. The van der Waals surface area contributed by atoms with Crippen LogP contribution >= 0.6 is 0 Å². The molecule has 0 amide bonds. The van der Waals surface area contributed by atoms with Gasteiger partial charge in [-0.2, -0.15) is 0 Å². The first kappa shape index (κ1) is 61.2. The maximum Gasteiger partial charge on any atom is 0.362 e. The van der Waals surface area contributed by atoms with Crippen molar-refractivity contribution in [2.75, 3.05) is 41.0 Å². The number of esters is 2. The molecule has 65 heavy (non-hydrogen) atoms. The fraction of sp³-hybridized carbons (Fsp3) is 0.667. The van der Waals surface area contributed by atoms with Crippen molar-refractivity contribution in [3.8, 4) is 0 Å². The summed E-state index contributed by atoms with van der Waals surface area (Å²) >= 11 is 0. The molecule has 0 aromatic rings. The maximum absolute atomic E-state index is 12.8. The van der Waals surface area contributed by atoms with Gasteiger partial charge >= 0.3 is 17.9 Å². The Balaban J connectivity index is 4.36. The molecule has 8 nitrogen and oxygen atoms in total. The number of carboxylic acids is 1. The Morgan fingerprint density at radius 3 is 1.40 bits per heavy atom. The van der Waals surface area contributed by atoms with E-state index >= 15 is 0 Å². The van der Waals surface area contributed by atoms with Gasteiger partial charge in [0, 0.05) is 19.3 Å². The van der Waals surface area contributed by atoms with Gasteiger partial charge < -0.3 is 23.8 Å². The average Bonchev–Trinajstić information content (AvgIpc) is 3.27. The van der Waals surface area contributed by atoms with Crippen LogP contribution in [0.3, 0.4) is 0 Å². The van der Waals surface area contributed by atoms with E-state index in [9.17, 15) is 19.5 Å². The number of rotatable bonds is 45. The SMILES string of the molecule is CC/C=C/C/C=C/C/C=C/C/C=C/C/C=C/C/C=C/CCCCC(=O)OC(COCCC(C(=O)O)[N+](C)(C)C)COC(=O)CCCCCCCCCCCC/C=C/C=C/CCCCCC. The van der Waals surface area contributed by atoms with Crippen molar-refractivity contribution in [3.05, 3.63) is 97.2 Å². The number of carboxylic acid groups (broad SMARTS) is 1. The van der Waals surface area contributed by atoms with Crippen molar-refractivity contribution in [3.63, 3.8) is 0 Å². The average molecular weight is 907 g/mol. The van der Waals surface area contributed by atoms with E-state index < -0.39 is 18.1 Å². The van der Waals surface area contributed by atoms with Gasteiger partial charge in [-0.25, -0.2) is 4.79 Å². The van der Waals surface area contributed by atoms with Crippen LogP contribution in [0.1, 0.15) is 194 Å². The summed E-state index contributed by atoms with van der Waals surface area (Å²) in [5.74, 6) is -1.54. The first-order chi connectivity index (χ1) is 31.6. The van der Waals surface area contributed by atoms with Crippen LogP contribution in [0, 0.1) is 0 Å². The van der Waals surface area contributed by atoms with Crippen LogP contribution in [0.4, 0.5) is 0 Å². The van der Waals surface area contributed by atoms with E-state index in [0.717, 1.165) is 70.6 Å². The molecule has 0 rings (SSSR count). The van der Waals surface area contributed by atoms with Gasteiger partial charge in [-0.05, 0) is 89.9 Å². The Kier molecular flexibility index (Phi) is 44.1.